The van der Waals surface area contributed by atoms with E-state index in [-0.39, 0.29) is 10.7 Å². The molecule has 0 fully saturated rings. The minimum Gasteiger partial charge on any atom is -0.487 e. The summed E-state index contributed by atoms with van der Waals surface area (Å²) in [5.74, 6) is 0.450. The lowest BCUT2D eigenvalue weighted by molar-refractivity contribution is -0.384. The Labute approximate surface area is 107 Å². The van der Waals surface area contributed by atoms with E-state index in [1.807, 2.05) is 17.5 Å². The summed E-state index contributed by atoms with van der Waals surface area (Å²) in [6.07, 6.45) is 0. The van der Waals surface area contributed by atoms with Gasteiger partial charge in [-0.1, -0.05) is 17.7 Å². The van der Waals surface area contributed by atoms with Gasteiger partial charge in [0.2, 0.25) is 0 Å². The molecule has 0 aliphatic carbocycles. The molecule has 0 aliphatic heterocycles. The first-order valence-electron chi connectivity index (χ1n) is 4.76. The van der Waals surface area contributed by atoms with E-state index in [0.29, 0.717) is 12.4 Å². The number of nitrogens with zero attached hydrogens (tertiary/aromatic N) is 1. The molecule has 0 N–H and O–H groups in total. The first-order chi connectivity index (χ1) is 8.16. The third kappa shape index (κ3) is 2.95. The number of non-ortho nitro benzene ring substituents is 1. The van der Waals surface area contributed by atoms with E-state index >= 15 is 0 Å². The SMILES string of the molecule is O=[N+]([O-])c1ccc(OCc2cccs2)c(Cl)c1. The maximum absolute atomic E-state index is 10.5. The summed E-state index contributed by atoms with van der Waals surface area (Å²) in [6, 6.07) is 8.04. The number of thiophene rings is 1. The molecule has 4 nitrogen and oxygen atoms in total. The van der Waals surface area contributed by atoms with Gasteiger partial charge in [-0.3, -0.25) is 10.1 Å². The number of ether oxygens (including phenoxy) is 1. The van der Waals surface area contributed by atoms with Crippen LogP contribution in [0.25, 0.3) is 0 Å². The fourth-order valence-corrected chi connectivity index (χ4v) is 2.11. The van der Waals surface area contributed by atoms with Gasteiger partial charge in [0.25, 0.3) is 5.69 Å². The average molecular weight is 270 g/mol. The zero-order valence-electron chi connectivity index (χ0n) is 8.63. The number of nitro benzene ring substituents is 1. The van der Waals surface area contributed by atoms with Crippen LogP contribution in [0.3, 0.4) is 0 Å². The predicted molar refractivity (Wildman–Crippen MR) is 66.8 cm³/mol. The lowest BCUT2D eigenvalue weighted by Crippen LogP contribution is -1.94. The molecule has 1 aromatic heterocycles. The molecule has 2 rings (SSSR count). The molecule has 17 heavy (non-hydrogen) atoms. The molecule has 6 heteroatoms. The molecule has 0 saturated carbocycles. The summed E-state index contributed by atoms with van der Waals surface area (Å²) in [4.78, 5) is 11.1. The standard InChI is InChI=1S/C11H8ClNO3S/c12-10-6-8(13(14)15)3-4-11(10)16-7-9-2-1-5-17-9/h1-6H,7H2. The van der Waals surface area contributed by atoms with Crippen LogP contribution < -0.4 is 4.74 Å². The van der Waals surface area contributed by atoms with Crippen LogP contribution in [0.2, 0.25) is 5.02 Å². The third-order valence-electron chi connectivity index (χ3n) is 2.08. The summed E-state index contributed by atoms with van der Waals surface area (Å²) in [5, 5.41) is 12.7. The second kappa shape index (κ2) is 5.16. The molecule has 0 saturated heterocycles. The minimum absolute atomic E-state index is 0.0431. The second-order valence-corrected chi connectivity index (χ2v) is 4.68. The van der Waals surface area contributed by atoms with Crippen molar-refractivity contribution in [2.75, 3.05) is 0 Å². The van der Waals surface area contributed by atoms with Crippen LogP contribution >= 0.6 is 22.9 Å². The number of nitro groups is 1. The monoisotopic (exact) mass is 269 g/mol. The highest BCUT2D eigenvalue weighted by Crippen LogP contribution is 2.29. The number of halogens is 1. The van der Waals surface area contributed by atoms with Crippen molar-refractivity contribution in [3.05, 3.63) is 55.7 Å². The van der Waals surface area contributed by atoms with Gasteiger partial charge in [-0.2, -0.15) is 0 Å². The molecule has 88 valence electrons. The summed E-state index contributed by atoms with van der Waals surface area (Å²) in [5.41, 5.74) is -0.0431. The van der Waals surface area contributed by atoms with Crippen LogP contribution in [-0.4, -0.2) is 4.92 Å². The van der Waals surface area contributed by atoms with Crippen LogP contribution in [0.5, 0.6) is 5.75 Å². The van der Waals surface area contributed by atoms with Gasteiger partial charge in [0.1, 0.15) is 12.4 Å². The maximum Gasteiger partial charge on any atom is 0.271 e. The molecule has 0 radical (unpaired) electrons. The normalized spacial score (nSPS) is 10.2. The molecule has 0 aliphatic rings. The molecular formula is C11H8ClNO3S. The van der Waals surface area contributed by atoms with Crippen LogP contribution in [0.15, 0.2) is 35.7 Å². The lowest BCUT2D eigenvalue weighted by atomic mass is 10.3. The van der Waals surface area contributed by atoms with Gasteiger partial charge in [0, 0.05) is 17.0 Å². The zero-order valence-corrected chi connectivity index (χ0v) is 10.2. The molecule has 0 atom stereocenters. The Morgan fingerprint density at radius 2 is 2.24 bits per heavy atom. The van der Waals surface area contributed by atoms with E-state index in [0.717, 1.165) is 4.88 Å². The highest BCUT2D eigenvalue weighted by molar-refractivity contribution is 7.09. The Hall–Kier alpha value is -1.59. The Morgan fingerprint density at radius 3 is 2.82 bits per heavy atom. The third-order valence-corrected chi connectivity index (χ3v) is 3.22. The van der Waals surface area contributed by atoms with E-state index in [9.17, 15) is 10.1 Å². The number of hydrogen-bond acceptors (Lipinski definition) is 4. The molecule has 0 amide bonds. The minimum atomic E-state index is -0.491. The van der Waals surface area contributed by atoms with Crippen molar-refractivity contribution < 1.29 is 9.66 Å². The molecule has 1 aromatic carbocycles. The van der Waals surface area contributed by atoms with E-state index < -0.39 is 4.92 Å². The predicted octanol–water partition coefficient (Wildman–Crippen LogP) is 3.89. The number of rotatable bonds is 4. The molecule has 0 bridgehead atoms. The van der Waals surface area contributed by atoms with Gasteiger partial charge in [0.05, 0.1) is 9.95 Å². The Morgan fingerprint density at radius 1 is 1.41 bits per heavy atom. The molecule has 0 spiro atoms. The topological polar surface area (TPSA) is 52.4 Å². The van der Waals surface area contributed by atoms with E-state index in [4.69, 9.17) is 16.3 Å². The smallest absolute Gasteiger partial charge is 0.271 e. The van der Waals surface area contributed by atoms with Crippen LogP contribution in [0.1, 0.15) is 4.88 Å². The Kier molecular flexibility index (Phi) is 3.61. The van der Waals surface area contributed by atoms with Gasteiger partial charge in [-0.05, 0) is 17.5 Å². The van der Waals surface area contributed by atoms with E-state index in [1.165, 1.54) is 18.2 Å². The van der Waals surface area contributed by atoms with Crippen molar-refractivity contribution in [3.8, 4) is 5.75 Å². The Balaban J connectivity index is 2.09. The highest BCUT2D eigenvalue weighted by atomic mass is 35.5. The van der Waals surface area contributed by atoms with Crippen molar-refractivity contribution in [1.82, 2.24) is 0 Å². The van der Waals surface area contributed by atoms with Crippen molar-refractivity contribution >= 4 is 28.6 Å². The van der Waals surface area contributed by atoms with E-state index in [2.05, 4.69) is 0 Å². The maximum atomic E-state index is 10.5. The highest BCUT2D eigenvalue weighted by Gasteiger charge is 2.10. The van der Waals surface area contributed by atoms with Crippen LogP contribution in [0, 0.1) is 10.1 Å². The average Bonchev–Trinajstić information content (AvgIpc) is 2.80. The van der Waals surface area contributed by atoms with Gasteiger partial charge < -0.3 is 4.74 Å². The molecular weight excluding hydrogens is 262 g/mol. The quantitative estimate of drug-likeness (QED) is 0.625. The van der Waals surface area contributed by atoms with Gasteiger partial charge in [-0.15, -0.1) is 11.3 Å². The van der Waals surface area contributed by atoms with Gasteiger partial charge in [-0.25, -0.2) is 0 Å². The van der Waals surface area contributed by atoms with Crippen molar-refractivity contribution in [3.63, 3.8) is 0 Å². The van der Waals surface area contributed by atoms with Crippen LogP contribution in [0.4, 0.5) is 5.69 Å². The van der Waals surface area contributed by atoms with Crippen LogP contribution in [-0.2, 0) is 6.61 Å². The second-order valence-electron chi connectivity index (χ2n) is 3.24. The van der Waals surface area contributed by atoms with Gasteiger partial charge >= 0.3 is 0 Å². The van der Waals surface area contributed by atoms with E-state index in [1.54, 1.807) is 11.3 Å². The molecule has 2 aromatic rings. The first-order valence-corrected chi connectivity index (χ1v) is 6.01. The van der Waals surface area contributed by atoms with Crippen molar-refractivity contribution in [2.24, 2.45) is 0 Å². The fraction of sp³-hybridized carbons (Fsp3) is 0.0909. The fourth-order valence-electron chi connectivity index (χ4n) is 1.26. The molecule has 1 heterocycles. The van der Waals surface area contributed by atoms with Gasteiger partial charge in [0.15, 0.2) is 0 Å². The summed E-state index contributed by atoms with van der Waals surface area (Å²) in [7, 11) is 0. The van der Waals surface area contributed by atoms with Crippen molar-refractivity contribution in [1.29, 1.82) is 0 Å². The summed E-state index contributed by atoms with van der Waals surface area (Å²) in [6.45, 7) is 0.412. The lowest BCUT2D eigenvalue weighted by Gasteiger charge is -2.06. The zero-order chi connectivity index (χ0) is 12.3. The Bertz CT molecular complexity index is 528. The largest absolute Gasteiger partial charge is 0.487 e. The molecule has 0 unspecified atom stereocenters. The first kappa shape index (κ1) is 11.9. The van der Waals surface area contributed by atoms with Crippen molar-refractivity contribution in [2.45, 2.75) is 6.61 Å². The number of benzene rings is 1. The number of hydrogen-bond donors (Lipinski definition) is 0. The summed E-state index contributed by atoms with van der Waals surface area (Å²) < 4.78 is 5.47. The summed E-state index contributed by atoms with van der Waals surface area (Å²) >= 11 is 7.47.